The van der Waals surface area contributed by atoms with E-state index in [2.05, 4.69) is 0 Å². The number of hydrogen-bond donors (Lipinski definition) is 2. The van der Waals surface area contributed by atoms with Crippen LogP contribution in [0.4, 0.5) is 0 Å². The van der Waals surface area contributed by atoms with Gasteiger partial charge in [-0.1, -0.05) is 0 Å². The minimum Gasteiger partial charge on any atom is -0.497 e. The second-order valence-electron chi connectivity index (χ2n) is 4.08. The number of hydrogen-bond acceptors (Lipinski definition) is 4. The Balaban J connectivity index is 3.02. The van der Waals surface area contributed by atoms with Crippen molar-refractivity contribution in [3.05, 3.63) is 23.3 Å². The van der Waals surface area contributed by atoms with Crippen molar-refractivity contribution >= 4 is 5.97 Å². The van der Waals surface area contributed by atoms with Gasteiger partial charge in [-0.2, -0.15) is 0 Å². The molecule has 0 spiro atoms. The molecule has 0 amide bonds. The van der Waals surface area contributed by atoms with Crippen molar-refractivity contribution in [3.63, 3.8) is 0 Å². The lowest BCUT2D eigenvalue weighted by Gasteiger charge is -2.17. The van der Waals surface area contributed by atoms with Gasteiger partial charge in [-0.3, -0.25) is 4.79 Å². The summed E-state index contributed by atoms with van der Waals surface area (Å²) in [6.07, 6.45) is 0.423. The van der Waals surface area contributed by atoms with Crippen molar-refractivity contribution in [3.8, 4) is 11.5 Å². The van der Waals surface area contributed by atoms with Crippen molar-refractivity contribution in [2.45, 2.75) is 25.8 Å². The molecule has 0 saturated carbocycles. The zero-order chi connectivity index (χ0) is 13.7. The summed E-state index contributed by atoms with van der Waals surface area (Å²) < 4.78 is 10.4. The fourth-order valence-corrected chi connectivity index (χ4v) is 1.83. The fourth-order valence-electron chi connectivity index (χ4n) is 1.83. The number of methoxy groups -OCH3 is 2. The van der Waals surface area contributed by atoms with Gasteiger partial charge >= 0.3 is 5.97 Å². The van der Waals surface area contributed by atoms with Gasteiger partial charge in [0.25, 0.3) is 0 Å². The third-order valence-corrected chi connectivity index (χ3v) is 2.90. The monoisotopic (exact) mass is 253 g/mol. The molecule has 5 nitrogen and oxygen atoms in total. The first-order valence-corrected chi connectivity index (χ1v) is 5.69. The summed E-state index contributed by atoms with van der Waals surface area (Å²) in [6.45, 7) is 1.90. The zero-order valence-corrected chi connectivity index (χ0v) is 10.9. The topological polar surface area (TPSA) is 81.8 Å². The highest BCUT2D eigenvalue weighted by Gasteiger charge is 2.15. The van der Waals surface area contributed by atoms with Gasteiger partial charge in [0.15, 0.2) is 0 Å². The molecule has 0 aliphatic carbocycles. The van der Waals surface area contributed by atoms with Gasteiger partial charge in [0.2, 0.25) is 0 Å². The minimum atomic E-state index is -0.849. The highest BCUT2D eigenvalue weighted by molar-refractivity contribution is 5.66. The van der Waals surface area contributed by atoms with Gasteiger partial charge in [-0.15, -0.1) is 0 Å². The summed E-state index contributed by atoms with van der Waals surface area (Å²) >= 11 is 0. The molecule has 1 unspecified atom stereocenters. The Morgan fingerprint density at radius 3 is 2.56 bits per heavy atom. The summed E-state index contributed by atoms with van der Waals surface area (Å²) in [4.78, 5) is 10.6. The smallest absolute Gasteiger partial charge is 0.303 e. The van der Waals surface area contributed by atoms with Crippen LogP contribution in [0.25, 0.3) is 0 Å². The van der Waals surface area contributed by atoms with Crippen LogP contribution in [0.15, 0.2) is 12.1 Å². The molecule has 0 saturated heterocycles. The van der Waals surface area contributed by atoms with Crippen LogP contribution < -0.4 is 15.2 Å². The average Bonchev–Trinajstić information content (AvgIpc) is 2.36. The second-order valence-corrected chi connectivity index (χ2v) is 4.08. The second kappa shape index (κ2) is 6.26. The first-order chi connectivity index (χ1) is 8.49. The van der Waals surface area contributed by atoms with E-state index in [1.807, 2.05) is 13.0 Å². The quantitative estimate of drug-likeness (QED) is 0.808. The van der Waals surface area contributed by atoms with E-state index in [1.54, 1.807) is 20.3 Å². The first-order valence-electron chi connectivity index (χ1n) is 5.69. The van der Waals surface area contributed by atoms with Crippen molar-refractivity contribution in [2.24, 2.45) is 5.73 Å². The Hall–Kier alpha value is -1.75. The fraction of sp³-hybridized carbons (Fsp3) is 0.462. The van der Waals surface area contributed by atoms with Gasteiger partial charge in [-0.25, -0.2) is 0 Å². The van der Waals surface area contributed by atoms with E-state index < -0.39 is 5.97 Å². The van der Waals surface area contributed by atoms with E-state index in [4.69, 9.17) is 20.3 Å². The molecule has 3 N–H and O–H groups in total. The molecular weight excluding hydrogens is 234 g/mol. The van der Waals surface area contributed by atoms with Crippen molar-refractivity contribution < 1.29 is 19.4 Å². The van der Waals surface area contributed by atoms with Gasteiger partial charge in [0, 0.05) is 18.5 Å². The van der Waals surface area contributed by atoms with E-state index in [0.29, 0.717) is 17.9 Å². The molecule has 0 fully saturated rings. The zero-order valence-electron chi connectivity index (χ0n) is 10.9. The van der Waals surface area contributed by atoms with Gasteiger partial charge in [-0.05, 0) is 30.5 Å². The lowest BCUT2D eigenvalue weighted by atomic mass is 9.97. The third kappa shape index (κ3) is 3.37. The number of carboxylic acids is 1. The average molecular weight is 253 g/mol. The number of rotatable bonds is 6. The summed E-state index contributed by atoms with van der Waals surface area (Å²) in [5.74, 6) is 0.492. The molecule has 0 aliphatic rings. The lowest BCUT2D eigenvalue weighted by molar-refractivity contribution is -0.137. The molecular formula is C13H19NO4. The number of carboxylic acid groups (broad SMARTS) is 1. The number of ether oxygens (including phenoxy) is 2. The van der Waals surface area contributed by atoms with Crippen LogP contribution in [0.5, 0.6) is 11.5 Å². The maximum atomic E-state index is 10.6. The number of benzene rings is 1. The highest BCUT2D eigenvalue weighted by Crippen LogP contribution is 2.32. The molecule has 0 aromatic heterocycles. The molecule has 18 heavy (non-hydrogen) atoms. The normalized spacial score (nSPS) is 12.0. The largest absolute Gasteiger partial charge is 0.497 e. The Kier molecular flexibility index (Phi) is 4.97. The Morgan fingerprint density at radius 1 is 1.39 bits per heavy atom. The third-order valence-electron chi connectivity index (χ3n) is 2.90. The molecule has 1 atom stereocenters. The summed E-state index contributed by atoms with van der Waals surface area (Å²) in [5.41, 5.74) is 7.78. The molecule has 1 rings (SSSR count). The van der Waals surface area contributed by atoms with E-state index in [9.17, 15) is 4.79 Å². The van der Waals surface area contributed by atoms with E-state index >= 15 is 0 Å². The van der Waals surface area contributed by atoms with Crippen molar-refractivity contribution in [1.82, 2.24) is 0 Å². The van der Waals surface area contributed by atoms with E-state index in [1.165, 1.54) is 0 Å². The van der Waals surface area contributed by atoms with E-state index in [-0.39, 0.29) is 12.5 Å². The number of carbonyl (C=O) groups is 1. The Labute approximate surface area is 107 Å². The molecule has 0 bridgehead atoms. The SMILES string of the molecule is COc1cc(OC)c(C)c(C(N)CCC(=O)O)c1. The maximum absolute atomic E-state index is 10.6. The van der Waals surface area contributed by atoms with Crippen LogP contribution in [0.2, 0.25) is 0 Å². The Morgan fingerprint density at radius 2 is 2.06 bits per heavy atom. The molecule has 5 heteroatoms. The number of aliphatic carboxylic acids is 1. The predicted octanol–water partition coefficient (Wildman–Crippen LogP) is 1.88. The lowest BCUT2D eigenvalue weighted by Crippen LogP contribution is -2.14. The van der Waals surface area contributed by atoms with Gasteiger partial charge in [0.05, 0.1) is 14.2 Å². The van der Waals surface area contributed by atoms with Gasteiger partial charge < -0.3 is 20.3 Å². The highest BCUT2D eigenvalue weighted by atomic mass is 16.5. The van der Waals surface area contributed by atoms with Crippen molar-refractivity contribution in [1.29, 1.82) is 0 Å². The summed E-state index contributed by atoms with van der Waals surface area (Å²) in [6, 6.07) is 3.26. The number of nitrogens with two attached hydrogens (primary N) is 1. The van der Waals surface area contributed by atoms with Crippen LogP contribution >= 0.6 is 0 Å². The van der Waals surface area contributed by atoms with Crippen LogP contribution in [0, 0.1) is 6.92 Å². The van der Waals surface area contributed by atoms with Crippen molar-refractivity contribution in [2.75, 3.05) is 14.2 Å². The van der Waals surface area contributed by atoms with Crippen LogP contribution in [0.3, 0.4) is 0 Å². The molecule has 0 aliphatic heterocycles. The van der Waals surface area contributed by atoms with Crippen LogP contribution in [-0.4, -0.2) is 25.3 Å². The van der Waals surface area contributed by atoms with Crippen LogP contribution in [-0.2, 0) is 4.79 Å². The molecule has 100 valence electrons. The van der Waals surface area contributed by atoms with Crippen LogP contribution in [0.1, 0.15) is 30.0 Å². The maximum Gasteiger partial charge on any atom is 0.303 e. The van der Waals surface area contributed by atoms with E-state index in [0.717, 1.165) is 11.1 Å². The Bertz CT molecular complexity index is 431. The molecule has 1 aromatic rings. The standard InChI is InChI=1S/C13H19NO4/c1-8-10(11(14)4-5-13(15)16)6-9(17-2)7-12(8)18-3/h6-7,11H,4-5,14H2,1-3H3,(H,15,16). The van der Waals surface area contributed by atoms with Gasteiger partial charge in [0.1, 0.15) is 11.5 Å². The molecule has 0 radical (unpaired) electrons. The molecule has 0 heterocycles. The summed E-state index contributed by atoms with van der Waals surface area (Å²) in [5, 5.41) is 8.68. The predicted molar refractivity (Wildman–Crippen MR) is 68.1 cm³/mol. The molecule has 1 aromatic carbocycles. The minimum absolute atomic E-state index is 0.0418. The first kappa shape index (κ1) is 14.3. The summed E-state index contributed by atoms with van der Waals surface area (Å²) in [7, 11) is 3.14.